The Morgan fingerprint density at radius 3 is 1.82 bits per heavy atom. The number of hydrogen-bond acceptors (Lipinski definition) is 17. The molecule has 1 aliphatic heterocycles. The quantitative estimate of drug-likeness (QED) is 0.0174. The van der Waals surface area contributed by atoms with Crippen LogP contribution >= 0.6 is 23.5 Å². The number of fused-ring (bicyclic) bond motifs is 1. The molecule has 1 aromatic carbocycles. The van der Waals surface area contributed by atoms with Crippen LogP contribution in [0.15, 0.2) is 24.3 Å². The molecule has 20 nitrogen and oxygen atoms in total. The summed E-state index contributed by atoms with van der Waals surface area (Å²) in [5.74, 6) is -0.913. The van der Waals surface area contributed by atoms with E-state index < -0.39 is 29.2 Å². The van der Waals surface area contributed by atoms with Gasteiger partial charge >= 0.3 is 11.9 Å². The Hall–Kier alpha value is -5.64. The van der Waals surface area contributed by atoms with Crippen LogP contribution in [0.2, 0.25) is 0 Å². The Kier molecular flexibility index (Phi) is 42.4. The SMILES string of the molecule is CCCCCCCCCCCCCCCC(=O)OCC(CSCC(NC(=O)C1CCC(CN2C(=O)CC(SCC(=O)NC3CCCCCCCC(C)CC3)C2=O)CC1)C(=O)Nc1ccc(Cn2c(O)nc3c(N)nc(NCCCC)nc32)cc1)OC(=O)CCCCCCCCCCCCCCC. The molecule has 0 radical (unpaired) electrons. The molecule has 3 heterocycles. The first kappa shape index (κ1) is 85.3. The van der Waals surface area contributed by atoms with Gasteiger partial charge in [-0.2, -0.15) is 26.7 Å². The Morgan fingerprint density at radius 2 is 1.22 bits per heavy atom. The Morgan fingerprint density at radius 1 is 0.647 bits per heavy atom. The van der Waals surface area contributed by atoms with E-state index in [1.54, 1.807) is 16.7 Å². The lowest BCUT2D eigenvalue weighted by Gasteiger charge is -2.31. The Balaban J connectivity index is 1.05. The zero-order valence-electron chi connectivity index (χ0n) is 63.2. The van der Waals surface area contributed by atoms with E-state index in [9.17, 15) is 38.7 Å². The highest BCUT2D eigenvalue weighted by molar-refractivity contribution is 8.01. The molecule has 3 aromatic rings. The second kappa shape index (κ2) is 50.7. The van der Waals surface area contributed by atoms with Crippen molar-refractivity contribution >= 4 is 93.6 Å². The van der Waals surface area contributed by atoms with Crippen LogP contribution in [0, 0.1) is 17.8 Å². The fourth-order valence-corrected chi connectivity index (χ4v) is 16.3. The summed E-state index contributed by atoms with van der Waals surface area (Å²) in [7, 11) is 0. The number of ether oxygens (including phenoxy) is 2. The number of nitrogens with one attached hydrogen (secondary N) is 4. The van der Waals surface area contributed by atoms with Crippen LogP contribution in [-0.4, -0.2) is 131 Å². The number of nitrogens with zero attached hydrogens (tertiary/aromatic N) is 5. The number of rotatable bonds is 51. The summed E-state index contributed by atoms with van der Waals surface area (Å²) in [5.41, 5.74) is 8.14. The number of thioether (sulfide) groups is 2. The van der Waals surface area contributed by atoms with Crippen molar-refractivity contribution in [3.05, 3.63) is 29.8 Å². The molecule has 7 N–H and O–H groups in total. The second-order valence-electron chi connectivity index (χ2n) is 29.8. The van der Waals surface area contributed by atoms with E-state index in [-0.39, 0.29) is 121 Å². The van der Waals surface area contributed by atoms with Crippen LogP contribution in [0.1, 0.15) is 316 Å². The average molecular weight is 1460 g/mol. The monoisotopic (exact) mass is 1460 g/mol. The van der Waals surface area contributed by atoms with E-state index in [0.29, 0.717) is 61.8 Å². The number of imide groups is 1. The van der Waals surface area contributed by atoms with Gasteiger partial charge in [-0.25, -0.2) is 0 Å². The Bertz CT molecular complexity index is 2910. The number of carbonyl (C=O) groups excluding carboxylic acids is 7. The number of unbranched alkanes of at least 4 members (excludes halogenated alkanes) is 25. The molecule has 574 valence electrons. The van der Waals surface area contributed by atoms with Crippen molar-refractivity contribution in [3.63, 3.8) is 0 Å². The van der Waals surface area contributed by atoms with Gasteiger partial charge in [-0.3, -0.25) is 43.0 Å². The third-order valence-corrected chi connectivity index (χ3v) is 23.2. The van der Waals surface area contributed by atoms with Gasteiger partial charge in [0.05, 0.1) is 17.5 Å². The van der Waals surface area contributed by atoms with Crippen LogP contribution in [0.4, 0.5) is 17.5 Å². The van der Waals surface area contributed by atoms with Crippen molar-refractivity contribution < 1.29 is 48.1 Å². The van der Waals surface area contributed by atoms with E-state index in [1.165, 1.54) is 176 Å². The molecule has 3 fully saturated rings. The van der Waals surface area contributed by atoms with Crippen molar-refractivity contribution in [1.82, 2.24) is 35.1 Å². The molecule has 3 aliphatic rings. The van der Waals surface area contributed by atoms with Crippen LogP contribution in [0.5, 0.6) is 6.01 Å². The van der Waals surface area contributed by atoms with Gasteiger partial charge < -0.3 is 41.6 Å². The summed E-state index contributed by atoms with van der Waals surface area (Å²) in [6.07, 6.45) is 45.2. The lowest BCUT2D eigenvalue weighted by Crippen LogP contribution is -2.48. The number of aromatic hydroxyl groups is 1. The molecule has 6 rings (SSSR count). The van der Waals surface area contributed by atoms with Crippen molar-refractivity contribution in [2.24, 2.45) is 17.8 Å². The van der Waals surface area contributed by atoms with Gasteiger partial charge in [-0.1, -0.05) is 239 Å². The number of aromatic nitrogens is 4. The number of anilines is 3. The van der Waals surface area contributed by atoms with Crippen LogP contribution < -0.4 is 27.0 Å². The molecule has 0 spiro atoms. The van der Waals surface area contributed by atoms with E-state index in [0.717, 1.165) is 89.0 Å². The van der Waals surface area contributed by atoms with Crippen molar-refractivity contribution in [3.8, 4) is 6.01 Å². The van der Waals surface area contributed by atoms with Gasteiger partial charge in [0.25, 0.3) is 6.01 Å². The molecule has 5 unspecified atom stereocenters. The predicted octanol–water partition coefficient (Wildman–Crippen LogP) is 17.3. The smallest absolute Gasteiger partial charge is 0.306 e. The van der Waals surface area contributed by atoms with Gasteiger partial charge in [-0.05, 0) is 93.7 Å². The van der Waals surface area contributed by atoms with Crippen molar-refractivity contribution in [2.45, 2.75) is 340 Å². The first-order chi connectivity index (χ1) is 49.6. The summed E-state index contributed by atoms with van der Waals surface area (Å²) >= 11 is 2.58. The lowest BCUT2D eigenvalue weighted by atomic mass is 9.81. The number of likely N-dealkylation sites (tertiary alicyclic amines) is 1. The average Bonchev–Trinajstić information content (AvgIpc) is 1.64. The second-order valence-corrected chi connectivity index (χ2v) is 32.1. The molecule has 102 heavy (non-hydrogen) atoms. The number of esters is 2. The molecule has 2 aromatic heterocycles. The van der Waals surface area contributed by atoms with Gasteiger partial charge in [0.2, 0.25) is 35.5 Å². The van der Waals surface area contributed by atoms with Crippen molar-refractivity contribution in [2.75, 3.05) is 53.3 Å². The Labute approximate surface area is 620 Å². The molecule has 2 saturated carbocycles. The highest BCUT2D eigenvalue weighted by Gasteiger charge is 2.41. The van der Waals surface area contributed by atoms with Gasteiger partial charge in [0.15, 0.2) is 17.0 Å². The third kappa shape index (κ3) is 33.6. The predicted molar refractivity (Wildman–Crippen MR) is 415 cm³/mol. The molecule has 2 aliphatic carbocycles. The maximum Gasteiger partial charge on any atom is 0.306 e. The number of imidazole rings is 1. The number of amides is 5. The summed E-state index contributed by atoms with van der Waals surface area (Å²) in [4.78, 5) is 111. The maximum atomic E-state index is 14.6. The van der Waals surface area contributed by atoms with E-state index >= 15 is 0 Å². The summed E-state index contributed by atoms with van der Waals surface area (Å²) in [6, 6.07) is 5.93. The van der Waals surface area contributed by atoms with Gasteiger partial charge in [0, 0.05) is 61.5 Å². The summed E-state index contributed by atoms with van der Waals surface area (Å²) in [5, 5.41) is 22.9. The highest BCUT2D eigenvalue weighted by atomic mass is 32.2. The molecule has 0 bridgehead atoms. The minimum absolute atomic E-state index is 0.00800. The van der Waals surface area contributed by atoms with E-state index in [1.807, 2.05) is 12.1 Å². The summed E-state index contributed by atoms with van der Waals surface area (Å²) in [6.45, 7) is 9.86. The fourth-order valence-electron chi connectivity index (χ4n) is 14.3. The summed E-state index contributed by atoms with van der Waals surface area (Å²) < 4.78 is 13.4. The molecule has 5 atom stereocenters. The third-order valence-electron chi connectivity index (χ3n) is 20.8. The van der Waals surface area contributed by atoms with Gasteiger partial charge in [-0.15, -0.1) is 11.8 Å². The zero-order chi connectivity index (χ0) is 72.9. The normalized spacial score (nSPS) is 18.9. The zero-order valence-corrected chi connectivity index (χ0v) is 64.8. The first-order valence-corrected chi connectivity index (χ1v) is 42.7. The molecule has 1 saturated heterocycles. The van der Waals surface area contributed by atoms with Gasteiger partial charge in [0.1, 0.15) is 18.8 Å². The molecule has 5 amide bonds. The van der Waals surface area contributed by atoms with Crippen LogP contribution in [0.3, 0.4) is 0 Å². The van der Waals surface area contributed by atoms with Crippen molar-refractivity contribution in [1.29, 1.82) is 0 Å². The fraction of sp³-hybridized carbons (Fsp3) is 0.775. The minimum Gasteiger partial charge on any atom is -0.480 e. The molecule has 22 heteroatoms. The minimum atomic E-state index is -1.03. The van der Waals surface area contributed by atoms with Crippen LogP contribution in [-0.2, 0) is 49.6 Å². The first-order valence-electron chi connectivity index (χ1n) is 40.5. The number of nitrogens with two attached hydrogens (primary N) is 1. The largest absolute Gasteiger partial charge is 0.480 e. The molecular weight excluding hydrogens is 1330 g/mol. The lowest BCUT2D eigenvalue weighted by molar-refractivity contribution is -0.157. The standard InChI is InChI=1S/C80H132N10O10S2/c1-5-8-11-13-15-17-19-21-23-25-27-32-36-40-71(93)99-56-66(100-72(94)41-37-33-28-26-24-22-20-18-16-14-12-9-6-2)57-101-58-67(77(96)84-65-50-45-62(46-51-65)55-90-75-73(86-80(90)98)74(81)87-79(88-75)82-52-10-7-3)85-76(95)63-47-43-61(44-48-63)54-89-70(92)53-68(78(89)97)102-59-69(91)83-64-39-35-31-29-30-34-38-60(4)42-49-64/h45-46,50-51,60-61,63-64,66-68H,5-44,47-49,52-59H2,1-4H3,(H,83,91)(H,84,96)(H,85,95)(H,86,98)(H3,81,82,87,88). The topological polar surface area (TPSA) is 279 Å². The maximum absolute atomic E-state index is 14.6. The number of carbonyl (C=O) groups is 7. The van der Waals surface area contributed by atoms with Crippen LogP contribution in [0.25, 0.3) is 11.2 Å². The van der Waals surface area contributed by atoms with E-state index in [4.69, 9.17) is 15.2 Å². The highest BCUT2D eigenvalue weighted by Crippen LogP contribution is 2.34. The number of benzene rings is 1. The molecular formula is C80H132N10O10S2. The number of nitrogen functional groups attached to an aromatic ring is 1. The number of hydrogen-bond donors (Lipinski definition) is 6. The van der Waals surface area contributed by atoms with E-state index in [2.05, 4.69) is 63.9 Å².